The summed E-state index contributed by atoms with van der Waals surface area (Å²) < 4.78 is 18.8. The van der Waals surface area contributed by atoms with Gasteiger partial charge in [0.15, 0.2) is 0 Å². The van der Waals surface area contributed by atoms with Crippen LogP contribution in [0.1, 0.15) is 22.8 Å². The number of rotatable bonds is 5. The van der Waals surface area contributed by atoms with Gasteiger partial charge in [0.25, 0.3) is 5.91 Å². The number of nitrogens with zero attached hydrogens (tertiary/aromatic N) is 3. The van der Waals surface area contributed by atoms with Crippen molar-refractivity contribution in [2.75, 3.05) is 38.2 Å². The van der Waals surface area contributed by atoms with E-state index in [1.165, 1.54) is 29.8 Å². The van der Waals surface area contributed by atoms with Gasteiger partial charge in [-0.1, -0.05) is 31.2 Å². The van der Waals surface area contributed by atoms with Crippen LogP contribution in [0.2, 0.25) is 0 Å². The number of anilines is 1. The first-order valence-electron chi connectivity index (χ1n) is 11.4. The van der Waals surface area contributed by atoms with E-state index in [-0.39, 0.29) is 11.7 Å². The van der Waals surface area contributed by atoms with Crippen LogP contribution in [-0.2, 0) is 6.42 Å². The molecular weight excluding hydrogens is 431 g/mol. The number of methoxy groups -OCH3 is 1. The minimum absolute atomic E-state index is 0.322. The maximum Gasteiger partial charge on any atom is 0.257 e. The molecule has 1 amide bonds. The number of carbonyl (C=O) groups excluding carboxylic acids is 1. The smallest absolute Gasteiger partial charge is 0.257 e. The molecule has 0 atom stereocenters. The molecule has 1 fully saturated rings. The zero-order valence-corrected chi connectivity index (χ0v) is 19.5. The van der Waals surface area contributed by atoms with E-state index in [0.29, 0.717) is 24.6 Å². The van der Waals surface area contributed by atoms with E-state index in [4.69, 9.17) is 9.73 Å². The summed E-state index contributed by atoms with van der Waals surface area (Å²) in [7, 11) is 1.68. The predicted octanol–water partition coefficient (Wildman–Crippen LogP) is 4.64. The van der Waals surface area contributed by atoms with Gasteiger partial charge in [0.1, 0.15) is 11.6 Å². The quantitative estimate of drug-likeness (QED) is 0.445. The maximum absolute atomic E-state index is 13.3. The molecule has 1 N–H and O–H groups in total. The van der Waals surface area contributed by atoms with Gasteiger partial charge in [-0.05, 0) is 60.5 Å². The standard InChI is InChI=1S/C27H29FN4O2/c1-3-20-7-6-8-23(19-20)29-27(30-26(33)21-11-13-22(28)14-12-21)32-17-15-31(16-18-32)24-9-4-5-10-25(24)34-2/h4-14,19H,3,15-18H2,1-2H3,(H,29,30,33). The summed E-state index contributed by atoms with van der Waals surface area (Å²) in [6.07, 6.45) is 0.901. The zero-order chi connectivity index (χ0) is 23.9. The van der Waals surface area contributed by atoms with Gasteiger partial charge in [0.05, 0.1) is 18.5 Å². The second kappa shape index (κ2) is 10.8. The van der Waals surface area contributed by atoms with Crippen LogP contribution in [0, 0.1) is 5.82 Å². The zero-order valence-electron chi connectivity index (χ0n) is 19.5. The molecule has 0 bridgehead atoms. The van der Waals surface area contributed by atoms with E-state index in [0.717, 1.165) is 36.6 Å². The molecule has 176 valence electrons. The second-order valence-electron chi connectivity index (χ2n) is 8.07. The summed E-state index contributed by atoms with van der Waals surface area (Å²) in [6, 6.07) is 21.4. The molecule has 0 spiro atoms. The Labute approximate surface area is 199 Å². The van der Waals surface area contributed by atoms with Crippen molar-refractivity contribution in [3.8, 4) is 5.75 Å². The highest BCUT2D eigenvalue weighted by Crippen LogP contribution is 2.28. The Kier molecular flexibility index (Phi) is 7.42. The number of aliphatic imine (C=N–C) groups is 1. The normalized spacial score (nSPS) is 14.1. The number of para-hydroxylation sites is 2. The fraction of sp³-hybridized carbons (Fsp3) is 0.259. The summed E-state index contributed by atoms with van der Waals surface area (Å²) in [4.78, 5) is 22.1. The lowest BCUT2D eigenvalue weighted by molar-refractivity contribution is 0.0971. The Hall–Kier alpha value is -3.87. The van der Waals surface area contributed by atoms with Gasteiger partial charge >= 0.3 is 0 Å². The number of guanidine groups is 1. The van der Waals surface area contributed by atoms with Gasteiger partial charge in [-0.2, -0.15) is 0 Å². The highest BCUT2D eigenvalue weighted by molar-refractivity contribution is 6.06. The number of piperazine rings is 1. The fourth-order valence-corrected chi connectivity index (χ4v) is 3.97. The Morgan fingerprint density at radius 1 is 1.00 bits per heavy atom. The van der Waals surface area contributed by atoms with E-state index >= 15 is 0 Å². The van der Waals surface area contributed by atoms with Crippen molar-refractivity contribution in [2.45, 2.75) is 13.3 Å². The molecule has 3 aromatic rings. The Bertz CT molecular complexity index is 1160. The third-order valence-electron chi connectivity index (χ3n) is 5.89. The van der Waals surface area contributed by atoms with Crippen LogP contribution in [0.5, 0.6) is 5.75 Å². The number of hydrogen-bond donors (Lipinski definition) is 1. The lowest BCUT2D eigenvalue weighted by Gasteiger charge is -2.38. The molecule has 7 heteroatoms. The number of aryl methyl sites for hydroxylation is 1. The van der Waals surface area contributed by atoms with Gasteiger partial charge in [0, 0.05) is 31.7 Å². The number of benzene rings is 3. The van der Waals surface area contributed by atoms with Crippen LogP contribution in [0.4, 0.5) is 15.8 Å². The monoisotopic (exact) mass is 460 g/mol. The molecule has 6 nitrogen and oxygen atoms in total. The predicted molar refractivity (Wildman–Crippen MR) is 134 cm³/mol. The first kappa shape index (κ1) is 23.3. The molecular formula is C27H29FN4O2. The molecule has 1 saturated heterocycles. The molecule has 1 heterocycles. The number of hydrogen-bond acceptors (Lipinski definition) is 4. The Balaban J connectivity index is 1.56. The van der Waals surface area contributed by atoms with E-state index in [2.05, 4.69) is 34.2 Å². The highest BCUT2D eigenvalue weighted by Gasteiger charge is 2.23. The molecule has 34 heavy (non-hydrogen) atoms. The highest BCUT2D eigenvalue weighted by atomic mass is 19.1. The van der Waals surface area contributed by atoms with Crippen molar-refractivity contribution in [1.29, 1.82) is 0 Å². The van der Waals surface area contributed by atoms with Crippen LogP contribution >= 0.6 is 0 Å². The molecule has 4 rings (SSSR count). The summed E-state index contributed by atoms with van der Waals surface area (Å²) in [5, 5.41) is 2.96. The fourth-order valence-electron chi connectivity index (χ4n) is 3.97. The lowest BCUT2D eigenvalue weighted by atomic mass is 10.1. The van der Waals surface area contributed by atoms with Gasteiger partial charge in [-0.25, -0.2) is 9.38 Å². The van der Waals surface area contributed by atoms with Gasteiger partial charge in [-0.15, -0.1) is 0 Å². The van der Waals surface area contributed by atoms with E-state index in [9.17, 15) is 9.18 Å². The molecule has 0 aliphatic carbocycles. The first-order valence-corrected chi connectivity index (χ1v) is 11.4. The topological polar surface area (TPSA) is 57.2 Å². The third kappa shape index (κ3) is 5.54. The maximum atomic E-state index is 13.3. The minimum Gasteiger partial charge on any atom is -0.495 e. The Morgan fingerprint density at radius 2 is 1.74 bits per heavy atom. The summed E-state index contributed by atoms with van der Waals surface area (Å²) >= 11 is 0. The van der Waals surface area contributed by atoms with Crippen LogP contribution in [0.25, 0.3) is 0 Å². The number of nitrogens with one attached hydrogen (secondary N) is 1. The number of ether oxygens (including phenoxy) is 1. The number of carbonyl (C=O) groups is 1. The summed E-state index contributed by atoms with van der Waals surface area (Å²) in [6.45, 7) is 4.95. The average Bonchev–Trinajstić information content (AvgIpc) is 2.89. The lowest BCUT2D eigenvalue weighted by Crippen LogP contribution is -2.53. The van der Waals surface area contributed by atoms with Crippen molar-refractivity contribution >= 4 is 23.2 Å². The third-order valence-corrected chi connectivity index (χ3v) is 5.89. The molecule has 0 aromatic heterocycles. The largest absolute Gasteiger partial charge is 0.495 e. The Morgan fingerprint density at radius 3 is 2.44 bits per heavy atom. The molecule has 1 aliphatic heterocycles. The van der Waals surface area contributed by atoms with E-state index < -0.39 is 0 Å². The molecule has 0 unspecified atom stereocenters. The van der Waals surface area contributed by atoms with Gasteiger partial charge < -0.3 is 14.5 Å². The van der Waals surface area contributed by atoms with Crippen molar-refractivity contribution in [2.24, 2.45) is 4.99 Å². The molecule has 3 aromatic carbocycles. The van der Waals surface area contributed by atoms with Crippen molar-refractivity contribution in [3.63, 3.8) is 0 Å². The van der Waals surface area contributed by atoms with E-state index in [1.807, 2.05) is 36.4 Å². The first-order chi connectivity index (χ1) is 16.6. The van der Waals surface area contributed by atoms with Gasteiger partial charge in [0.2, 0.25) is 5.96 Å². The van der Waals surface area contributed by atoms with Crippen molar-refractivity contribution in [3.05, 3.63) is 89.7 Å². The summed E-state index contributed by atoms with van der Waals surface area (Å²) in [5.41, 5.74) is 3.38. The van der Waals surface area contributed by atoms with Crippen LogP contribution in [0.3, 0.4) is 0 Å². The SMILES string of the molecule is CCc1cccc(N=C(NC(=O)c2ccc(F)cc2)N2CCN(c3ccccc3OC)CC2)c1. The van der Waals surface area contributed by atoms with Crippen LogP contribution in [0.15, 0.2) is 77.8 Å². The number of amides is 1. The van der Waals surface area contributed by atoms with Crippen LogP contribution in [-0.4, -0.2) is 50.1 Å². The summed E-state index contributed by atoms with van der Waals surface area (Å²) in [5.74, 6) is 0.625. The van der Waals surface area contributed by atoms with Gasteiger partial charge in [-0.3, -0.25) is 10.1 Å². The van der Waals surface area contributed by atoms with Crippen LogP contribution < -0.4 is 15.0 Å². The molecule has 1 aliphatic rings. The average molecular weight is 461 g/mol. The molecule has 0 saturated carbocycles. The number of halogens is 1. The van der Waals surface area contributed by atoms with Crippen molar-refractivity contribution < 1.29 is 13.9 Å². The van der Waals surface area contributed by atoms with Crippen molar-refractivity contribution in [1.82, 2.24) is 10.2 Å². The second-order valence-corrected chi connectivity index (χ2v) is 8.07. The van der Waals surface area contributed by atoms with E-state index in [1.54, 1.807) is 7.11 Å². The minimum atomic E-state index is -0.380. The molecule has 0 radical (unpaired) electrons.